The first kappa shape index (κ1) is 14.2. The molecule has 0 aromatic carbocycles. The fraction of sp³-hybridized carbons (Fsp3) is 0.750. The van der Waals surface area contributed by atoms with Crippen molar-refractivity contribution in [3.05, 3.63) is 11.8 Å². The normalized spacial score (nSPS) is 30.8. The minimum Gasteiger partial charge on any atom is -0.368 e. The molecule has 0 radical (unpaired) electrons. The first-order chi connectivity index (χ1) is 10.7. The Kier molecular flexibility index (Phi) is 3.66. The number of hydrogen-bond acceptors (Lipinski definition) is 6. The summed E-state index contributed by atoms with van der Waals surface area (Å²) < 4.78 is 0. The summed E-state index contributed by atoms with van der Waals surface area (Å²) in [4.78, 5) is 11.0. The van der Waals surface area contributed by atoms with Crippen LogP contribution in [0.3, 0.4) is 0 Å². The van der Waals surface area contributed by atoms with Gasteiger partial charge in [-0.3, -0.25) is 0 Å². The van der Waals surface area contributed by atoms with Crippen molar-refractivity contribution >= 4 is 11.8 Å². The van der Waals surface area contributed by atoms with Gasteiger partial charge in [0.15, 0.2) is 0 Å². The van der Waals surface area contributed by atoms with Crippen LogP contribution in [-0.4, -0.2) is 42.2 Å². The van der Waals surface area contributed by atoms with Gasteiger partial charge < -0.3 is 21.3 Å². The van der Waals surface area contributed by atoms with Gasteiger partial charge in [0.25, 0.3) is 0 Å². The molecule has 1 aliphatic heterocycles. The van der Waals surface area contributed by atoms with E-state index in [1.807, 2.05) is 7.05 Å². The van der Waals surface area contributed by atoms with Crippen molar-refractivity contribution in [3.8, 4) is 0 Å². The lowest BCUT2D eigenvalue weighted by molar-refractivity contribution is 0.349. The van der Waals surface area contributed by atoms with Crippen molar-refractivity contribution in [3.63, 3.8) is 0 Å². The van der Waals surface area contributed by atoms with Gasteiger partial charge in [0.1, 0.15) is 5.82 Å². The fourth-order valence-electron chi connectivity index (χ4n) is 4.33. The van der Waals surface area contributed by atoms with E-state index >= 15 is 0 Å². The third kappa shape index (κ3) is 2.65. The molecule has 2 bridgehead atoms. The third-order valence-corrected chi connectivity index (χ3v) is 5.68. The average Bonchev–Trinajstić information content (AvgIpc) is 3.06. The largest absolute Gasteiger partial charge is 0.368 e. The molecule has 22 heavy (non-hydrogen) atoms. The molecule has 2 saturated carbocycles. The number of nitrogen functional groups attached to an aromatic ring is 1. The highest BCUT2D eigenvalue weighted by molar-refractivity contribution is 5.46. The van der Waals surface area contributed by atoms with E-state index in [-0.39, 0.29) is 0 Å². The Morgan fingerprint density at radius 3 is 2.82 bits per heavy atom. The molecule has 2 aliphatic carbocycles. The summed E-state index contributed by atoms with van der Waals surface area (Å²) in [6.07, 6.45) is 5.61. The van der Waals surface area contributed by atoms with Crippen LogP contribution in [-0.2, 0) is 6.54 Å². The van der Waals surface area contributed by atoms with Gasteiger partial charge in [0, 0.05) is 37.8 Å². The van der Waals surface area contributed by atoms with Crippen LogP contribution < -0.4 is 21.3 Å². The number of likely N-dealkylation sites (N-methyl/N-ethyl adjacent to an activating group) is 1. The second-order valence-electron chi connectivity index (χ2n) is 7.13. The summed E-state index contributed by atoms with van der Waals surface area (Å²) in [5, 5.41) is 6.98. The van der Waals surface area contributed by atoms with Crippen LogP contribution in [0, 0.1) is 11.8 Å². The Morgan fingerprint density at radius 1 is 1.27 bits per heavy atom. The molecular formula is C16H26N6. The van der Waals surface area contributed by atoms with E-state index in [2.05, 4.69) is 31.6 Å². The Morgan fingerprint density at radius 2 is 2.14 bits per heavy atom. The molecule has 0 spiro atoms. The van der Waals surface area contributed by atoms with Crippen LogP contribution >= 0.6 is 0 Å². The van der Waals surface area contributed by atoms with Crippen molar-refractivity contribution in [2.24, 2.45) is 11.8 Å². The first-order valence-corrected chi connectivity index (χ1v) is 8.50. The number of fused-ring (bicyclic) bond motifs is 2. The van der Waals surface area contributed by atoms with Gasteiger partial charge in [0.05, 0.1) is 5.69 Å². The second-order valence-corrected chi connectivity index (χ2v) is 7.13. The standard InChI is InChI=1S/C16H26N6/c1-18-13-8-22(9-13)15-6-12(20-16(17)21-15)7-19-14-5-10-2-3-11(14)4-10/h6,10-11,13-14,18-19H,2-5,7-9H2,1H3,(H2,17,20,21)/t10-,11-,14+/m0/s1. The van der Waals surface area contributed by atoms with E-state index in [0.29, 0.717) is 18.0 Å². The van der Waals surface area contributed by atoms with Crippen LogP contribution in [0.2, 0.25) is 0 Å². The van der Waals surface area contributed by atoms with E-state index in [1.165, 1.54) is 25.7 Å². The number of anilines is 2. The molecule has 0 amide bonds. The Balaban J connectivity index is 1.38. The lowest BCUT2D eigenvalue weighted by Crippen LogP contribution is -2.57. The molecule has 4 N–H and O–H groups in total. The molecular weight excluding hydrogens is 276 g/mol. The smallest absolute Gasteiger partial charge is 0.222 e. The van der Waals surface area contributed by atoms with Crippen LogP contribution in [0.25, 0.3) is 0 Å². The van der Waals surface area contributed by atoms with Gasteiger partial charge in [-0.1, -0.05) is 6.42 Å². The summed E-state index contributed by atoms with van der Waals surface area (Å²) in [5.41, 5.74) is 6.91. The Labute approximate surface area is 131 Å². The molecule has 4 rings (SSSR count). The van der Waals surface area contributed by atoms with Gasteiger partial charge in [-0.15, -0.1) is 0 Å². The van der Waals surface area contributed by atoms with E-state index < -0.39 is 0 Å². The highest BCUT2D eigenvalue weighted by atomic mass is 15.3. The van der Waals surface area contributed by atoms with Gasteiger partial charge in [-0.2, -0.15) is 4.98 Å². The van der Waals surface area contributed by atoms with Gasteiger partial charge >= 0.3 is 0 Å². The SMILES string of the molecule is CNC1CN(c2cc(CN[C@@H]3C[C@H]4CC[C@H]3C4)nc(N)n2)C1. The first-order valence-electron chi connectivity index (χ1n) is 8.50. The number of aromatic nitrogens is 2. The zero-order valence-electron chi connectivity index (χ0n) is 13.3. The van der Waals surface area contributed by atoms with Crippen LogP contribution in [0.4, 0.5) is 11.8 Å². The molecule has 1 aromatic heterocycles. The molecule has 3 atom stereocenters. The van der Waals surface area contributed by atoms with E-state index in [4.69, 9.17) is 5.73 Å². The molecule has 120 valence electrons. The number of rotatable bonds is 5. The molecule has 1 saturated heterocycles. The van der Waals surface area contributed by atoms with Crippen LogP contribution in [0.5, 0.6) is 0 Å². The van der Waals surface area contributed by atoms with E-state index in [0.717, 1.165) is 43.0 Å². The second kappa shape index (κ2) is 5.66. The summed E-state index contributed by atoms with van der Waals surface area (Å²) in [5.74, 6) is 3.20. The topological polar surface area (TPSA) is 79.1 Å². The van der Waals surface area contributed by atoms with Gasteiger partial charge in [0.2, 0.25) is 5.95 Å². The van der Waals surface area contributed by atoms with Crippen molar-refractivity contribution in [1.82, 2.24) is 20.6 Å². The summed E-state index contributed by atoms with van der Waals surface area (Å²) in [6.45, 7) is 2.79. The third-order valence-electron chi connectivity index (χ3n) is 5.68. The summed E-state index contributed by atoms with van der Waals surface area (Å²) >= 11 is 0. The number of nitrogens with zero attached hydrogens (tertiary/aromatic N) is 3. The Hall–Kier alpha value is -1.40. The number of nitrogens with one attached hydrogen (secondary N) is 2. The molecule has 6 heteroatoms. The Bertz CT molecular complexity index is 541. The van der Waals surface area contributed by atoms with Crippen LogP contribution in [0.15, 0.2) is 6.07 Å². The fourth-order valence-corrected chi connectivity index (χ4v) is 4.33. The molecule has 6 nitrogen and oxygen atoms in total. The van der Waals surface area contributed by atoms with Crippen molar-refractivity contribution in [2.45, 2.75) is 44.3 Å². The minimum absolute atomic E-state index is 0.384. The maximum Gasteiger partial charge on any atom is 0.222 e. The maximum absolute atomic E-state index is 5.90. The highest BCUT2D eigenvalue weighted by Gasteiger charge is 2.39. The van der Waals surface area contributed by atoms with Crippen molar-refractivity contribution < 1.29 is 0 Å². The average molecular weight is 302 g/mol. The zero-order valence-corrected chi connectivity index (χ0v) is 13.3. The molecule has 1 aromatic rings. The van der Waals surface area contributed by atoms with Gasteiger partial charge in [-0.25, -0.2) is 4.98 Å². The maximum atomic E-state index is 5.90. The van der Waals surface area contributed by atoms with Crippen molar-refractivity contribution in [2.75, 3.05) is 30.8 Å². The van der Waals surface area contributed by atoms with Gasteiger partial charge in [-0.05, 0) is 38.1 Å². The lowest BCUT2D eigenvalue weighted by atomic mass is 9.95. The number of nitrogens with two attached hydrogens (primary N) is 1. The zero-order chi connectivity index (χ0) is 15.1. The predicted octanol–water partition coefficient (Wildman–Crippen LogP) is 0.745. The number of hydrogen-bond donors (Lipinski definition) is 3. The monoisotopic (exact) mass is 302 g/mol. The summed E-state index contributed by atoms with van der Waals surface area (Å²) in [6, 6.07) is 3.32. The van der Waals surface area contributed by atoms with E-state index in [1.54, 1.807) is 0 Å². The molecule has 2 heterocycles. The quantitative estimate of drug-likeness (QED) is 0.745. The van der Waals surface area contributed by atoms with E-state index in [9.17, 15) is 0 Å². The highest BCUT2D eigenvalue weighted by Crippen LogP contribution is 2.44. The predicted molar refractivity (Wildman–Crippen MR) is 87.6 cm³/mol. The molecule has 0 unspecified atom stereocenters. The minimum atomic E-state index is 0.384. The molecule has 3 aliphatic rings. The summed E-state index contributed by atoms with van der Waals surface area (Å²) in [7, 11) is 2.00. The van der Waals surface area contributed by atoms with Crippen LogP contribution in [0.1, 0.15) is 31.4 Å². The van der Waals surface area contributed by atoms with Crippen molar-refractivity contribution in [1.29, 1.82) is 0 Å². The molecule has 3 fully saturated rings. The lowest BCUT2D eigenvalue weighted by Gasteiger charge is -2.40.